The molecule has 0 aromatic carbocycles. The minimum atomic E-state index is -1.02. The number of thiophene rings is 1. The highest BCUT2D eigenvalue weighted by Crippen LogP contribution is 2.28. The van der Waals surface area contributed by atoms with Crippen LogP contribution in [0.15, 0.2) is 15.9 Å². The van der Waals surface area contributed by atoms with Gasteiger partial charge in [-0.1, -0.05) is 0 Å². The molecule has 0 fully saturated rings. The van der Waals surface area contributed by atoms with Crippen LogP contribution >= 0.6 is 27.3 Å². The zero-order valence-electron chi connectivity index (χ0n) is 9.33. The Morgan fingerprint density at radius 2 is 2.07 bits per heavy atom. The number of halogens is 1. The van der Waals surface area contributed by atoms with E-state index in [9.17, 15) is 4.55 Å². The van der Waals surface area contributed by atoms with Crippen molar-refractivity contribution < 1.29 is 4.55 Å². The zero-order chi connectivity index (χ0) is 11.6. The van der Waals surface area contributed by atoms with Crippen molar-refractivity contribution in [3.05, 3.63) is 20.8 Å². The Hall–Kier alpha value is 0.450. The first-order valence-electron chi connectivity index (χ1n) is 4.74. The number of hydrogen-bond acceptors (Lipinski definition) is 3. The maximum absolute atomic E-state index is 11.8. The Labute approximate surface area is 107 Å². The minimum absolute atomic E-state index is 0.126. The normalized spacial score (nSPS) is 16.4. The summed E-state index contributed by atoms with van der Waals surface area (Å²) in [6.07, 6.45) is 0. The predicted molar refractivity (Wildman–Crippen MR) is 71.5 cm³/mol. The van der Waals surface area contributed by atoms with Gasteiger partial charge in [-0.05, 0) is 55.8 Å². The van der Waals surface area contributed by atoms with Gasteiger partial charge in [0, 0.05) is 16.2 Å². The Balaban J connectivity index is 2.60. The molecule has 0 bridgehead atoms. The second kappa shape index (κ2) is 5.19. The molecule has 5 heteroatoms. The van der Waals surface area contributed by atoms with Crippen LogP contribution < -0.4 is 4.72 Å². The van der Waals surface area contributed by atoms with Crippen LogP contribution in [0.4, 0.5) is 0 Å². The maximum atomic E-state index is 11.8. The van der Waals surface area contributed by atoms with Gasteiger partial charge in [0.2, 0.25) is 0 Å². The molecule has 15 heavy (non-hydrogen) atoms. The van der Waals surface area contributed by atoms with Crippen LogP contribution in [0.1, 0.15) is 38.6 Å². The van der Waals surface area contributed by atoms with Gasteiger partial charge in [-0.15, -0.1) is 16.1 Å². The molecule has 0 saturated carbocycles. The summed E-state index contributed by atoms with van der Waals surface area (Å²) in [6, 6.07) is 4.19. The van der Waals surface area contributed by atoms with Crippen LogP contribution in [-0.4, -0.2) is 9.30 Å². The molecule has 0 amide bonds. The summed E-state index contributed by atoms with van der Waals surface area (Å²) in [5, 5.41) is 0. The lowest BCUT2D eigenvalue weighted by Gasteiger charge is -2.26. The van der Waals surface area contributed by atoms with Crippen LogP contribution in [0.5, 0.6) is 0 Å². The van der Waals surface area contributed by atoms with Crippen molar-refractivity contribution in [3.8, 4) is 0 Å². The van der Waals surface area contributed by atoms with E-state index < -0.39 is 11.4 Å². The molecule has 0 aliphatic rings. The van der Waals surface area contributed by atoms with Crippen molar-refractivity contribution in [1.29, 1.82) is 0 Å². The molecule has 2 unspecified atom stereocenters. The van der Waals surface area contributed by atoms with Crippen molar-refractivity contribution in [2.24, 2.45) is 0 Å². The van der Waals surface area contributed by atoms with Crippen LogP contribution in [0.25, 0.3) is 0 Å². The molecule has 0 aliphatic carbocycles. The molecule has 1 heterocycles. The highest BCUT2D eigenvalue weighted by Gasteiger charge is 2.28. The predicted octanol–water partition coefficient (Wildman–Crippen LogP) is 3.62. The maximum Gasteiger partial charge on any atom is 0.136 e. The Morgan fingerprint density at radius 3 is 2.47 bits per heavy atom. The van der Waals surface area contributed by atoms with E-state index in [1.807, 2.05) is 39.8 Å². The summed E-state index contributed by atoms with van der Waals surface area (Å²) in [6.45, 7) is 7.93. The van der Waals surface area contributed by atoms with E-state index in [0.29, 0.717) is 0 Å². The van der Waals surface area contributed by atoms with Crippen molar-refractivity contribution >= 4 is 38.6 Å². The fourth-order valence-corrected chi connectivity index (χ4v) is 3.26. The average molecular weight is 310 g/mol. The fourth-order valence-electron chi connectivity index (χ4n) is 0.956. The van der Waals surface area contributed by atoms with Crippen LogP contribution in [0.2, 0.25) is 0 Å². The highest BCUT2D eigenvalue weighted by atomic mass is 79.9. The molecule has 0 radical (unpaired) electrons. The summed E-state index contributed by atoms with van der Waals surface area (Å²) < 4.78 is 15.8. The molecular formula is C10H16BrNOS2. The quantitative estimate of drug-likeness (QED) is 0.865. The summed E-state index contributed by atoms with van der Waals surface area (Å²) in [4.78, 5) is 1.19. The first-order valence-corrected chi connectivity index (χ1v) is 7.50. The van der Waals surface area contributed by atoms with Gasteiger partial charge in [0.25, 0.3) is 0 Å². The molecule has 0 aliphatic heterocycles. The Bertz CT molecular complexity index is 321. The van der Waals surface area contributed by atoms with Gasteiger partial charge in [0.1, 0.15) is 4.75 Å². The summed E-state index contributed by atoms with van der Waals surface area (Å²) in [5.41, 5.74) is 0. The van der Waals surface area contributed by atoms with Gasteiger partial charge >= 0.3 is 0 Å². The molecule has 0 spiro atoms. The first-order chi connectivity index (χ1) is 6.80. The van der Waals surface area contributed by atoms with E-state index in [4.69, 9.17) is 0 Å². The van der Waals surface area contributed by atoms with Gasteiger partial charge in [-0.25, -0.2) is 0 Å². The standard InChI is InChI=1S/C10H16BrNOS2/c1-7(8-5-6-9(11)14-8)12-15(13)10(2,3)4/h5-7,12H,1-4H3. The van der Waals surface area contributed by atoms with E-state index >= 15 is 0 Å². The van der Waals surface area contributed by atoms with Crippen molar-refractivity contribution in [2.75, 3.05) is 0 Å². The number of nitrogens with one attached hydrogen (secondary N) is 1. The van der Waals surface area contributed by atoms with Gasteiger partial charge in [-0.3, -0.25) is 0 Å². The SMILES string of the molecule is CC(N[S+]([O-])C(C)(C)C)c1ccc(Br)s1. The third-order valence-electron chi connectivity index (χ3n) is 1.86. The summed E-state index contributed by atoms with van der Waals surface area (Å²) in [5.74, 6) is 0. The van der Waals surface area contributed by atoms with E-state index in [-0.39, 0.29) is 10.8 Å². The second-order valence-corrected chi connectivity index (χ2v) is 8.86. The second-order valence-electron chi connectivity index (χ2n) is 4.36. The summed E-state index contributed by atoms with van der Waals surface area (Å²) >= 11 is 4.07. The third-order valence-corrected chi connectivity index (χ3v) is 5.35. The van der Waals surface area contributed by atoms with Crippen molar-refractivity contribution in [1.82, 2.24) is 4.72 Å². The van der Waals surface area contributed by atoms with E-state index in [2.05, 4.69) is 20.7 Å². The molecule has 0 saturated heterocycles. The number of rotatable bonds is 3. The van der Waals surface area contributed by atoms with Gasteiger partial charge in [0.05, 0.1) is 9.83 Å². The fraction of sp³-hybridized carbons (Fsp3) is 0.600. The van der Waals surface area contributed by atoms with Gasteiger partial charge < -0.3 is 4.55 Å². The lowest BCUT2D eigenvalue weighted by Crippen LogP contribution is -2.40. The minimum Gasteiger partial charge on any atom is -0.598 e. The average Bonchev–Trinajstić information content (AvgIpc) is 2.50. The van der Waals surface area contributed by atoms with E-state index in [1.54, 1.807) is 11.3 Å². The lowest BCUT2D eigenvalue weighted by atomic mass is 10.3. The highest BCUT2D eigenvalue weighted by molar-refractivity contribution is 9.11. The van der Waals surface area contributed by atoms with Crippen LogP contribution in [0.3, 0.4) is 0 Å². The van der Waals surface area contributed by atoms with E-state index in [1.165, 1.54) is 4.88 Å². The molecule has 1 rings (SSSR count). The van der Waals surface area contributed by atoms with E-state index in [0.717, 1.165) is 3.79 Å². The molecular weight excluding hydrogens is 294 g/mol. The molecule has 86 valence electrons. The first kappa shape index (κ1) is 13.5. The van der Waals surface area contributed by atoms with Crippen LogP contribution in [-0.2, 0) is 11.4 Å². The van der Waals surface area contributed by atoms with Crippen molar-refractivity contribution in [2.45, 2.75) is 38.5 Å². The summed E-state index contributed by atoms with van der Waals surface area (Å²) in [7, 11) is 0. The molecule has 2 atom stereocenters. The molecule has 2 nitrogen and oxygen atoms in total. The molecule has 1 aromatic heterocycles. The smallest absolute Gasteiger partial charge is 0.136 e. The molecule has 1 aromatic rings. The largest absolute Gasteiger partial charge is 0.598 e. The molecule has 1 N–H and O–H groups in total. The topological polar surface area (TPSA) is 35.1 Å². The van der Waals surface area contributed by atoms with Crippen LogP contribution in [0, 0.1) is 0 Å². The third kappa shape index (κ3) is 4.07. The zero-order valence-corrected chi connectivity index (χ0v) is 12.6. The van der Waals surface area contributed by atoms with Gasteiger partial charge in [-0.2, -0.15) is 0 Å². The monoisotopic (exact) mass is 309 g/mol. The Kier molecular flexibility index (Phi) is 4.67. The van der Waals surface area contributed by atoms with Crippen molar-refractivity contribution in [3.63, 3.8) is 0 Å². The van der Waals surface area contributed by atoms with Gasteiger partial charge in [0.15, 0.2) is 0 Å². The number of hydrogen-bond donors (Lipinski definition) is 1. The lowest BCUT2D eigenvalue weighted by molar-refractivity contribution is 0.532. The Morgan fingerprint density at radius 1 is 1.47 bits per heavy atom.